The van der Waals surface area contributed by atoms with Crippen molar-refractivity contribution < 1.29 is 19.7 Å². The molecule has 0 spiro atoms. The van der Waals surface area contributed by atoms with Gasteiger partial charge in [0.2, 0.25) is 0 Å². The average Bonchev–Trinajstić information content (AvgIpc) is 2.89. The second kappa shape index (κ2) is 8.64. The molecule has 0 saturated carbocycles. The van der Waals surface area contributed by atoms with Crippen molar-refractivity contribution in [2.75, 3.05) is 26.9 Å². The maximum absolute atomic E-state index is 11.4. The van der Waals surface area contributed by atoms with Gasteiger partial charge in [0.25, 0.3) is 5.56 Å². The highest BCUT2D eigenvalue weighted by Crippen LogP contribution is 2.26. The zero-order chi connectivity index (χ0) is 15.0. The number of aliphatic hydroxyl groups excluding tert-OH is 2. The summed E-state index contributed by atoms with van der Waals surface area (Å²) >= 11 is 0. The van der Waals surface area contributed by atoms with E-state index in [1.807, 2.05) is 0 Å². The molecule has 0 bridgehead atoms. The first-order valence-corrected chi connectivity index (χ1v) is 6.30. The van der Waals surface area contributed by atoms with Gasteiger partial charge in [-0.15, -0.1) is 0 Å². The monoisotopic (exact) mass is 288 g/mol. The van der Waals surface area contributed by atoms with Crippen LogP contribution in [0.1, 0.15) is 19.1 Å². The maximum atomic E-state index is 11.4. The second-order valence-electron chi connectivity index (χ2n) is 4.21. The number of H-pyrrole nitrogens is 1. The predicted molar refractivity (Wildman–Crippen MR) is 70.5 cm³/mol. The Bertz CT molecular complexity index is 495. The topological polar surface area (TPSA) is 114 Å². The molecular formula is C12H20N2O6. The van der Waals surface area contributed by atoms with Gasteiger partial charge in [-0.3, -0.25) is 14.3 Å². The molecule has 3 N–H and O–H groups in total. The first-order chi connectivity index (χ1) is 9.62. The summed E-state index contributed by atoms with van der Waals surface area (Å²) in [4.78, 5) is 24.4. The van der Waals surface area contributed by atoms with E-state index in [0.29, 0.717) is 19.4 Å². The molecule has 1 aliphatic heterocycles. The van der Waals surface area contributed by atoms with Crippen LogP contribution in [0.5, 0.6) is 0 Å². The zero-order valence-electron chi connectivity index (χ0n) is 11.3. The summed E-state index contributed by atoms with van der Waals surface area (Å²) in [6.07, 6.45) is 2.19. The molecule has 1 fully saturated rings. The SMILES string of the molecule is COCCO.O=c1ccn(C2CCC(CO)O2)c(=O)[nH]1. The quantitative estimate of drug-likeness (QED) is 0.643. The minimum absolute atomic E-state index is 0.0470. The molecule has 1 aromatic rings. The average molecular weight is 288 g/mol. The number of hydrogen-bond donors (Lipinski definition) is 3. The molecular weight excluding hydrogens is 268 g/mol. The summed E-state index contributed by atoms with van der Waals surface area (Å²) in [5.41, 5.74) is -0.904. The van der Waals surface area contributed by atoms with Crippen molar-refractivity contribution >= 4 is 0 Å². The Morgan fingerprint density at radius 1 is 1.45 bits per heavy atom. The number of aromatic amines is 1. The zero-order valence-corrected chi connectivity index (χ0v) is 11.3. The van der Waals surface area contributed by atoms with E-state index in [-0.39, 0.29) is 25.5 Å². The van der Waals surface area contributed by atoms with Gasteiger partial charge in [0.15, 0.2) is 0 Å². The molecule has 8 heteroatoms. The summed E-state index contributed by atoms with van der Waals surface area (Å²) < 4.78 is 11.2. The van der Waals surface area contributed by atoms with Crippen molar-refractivity contribution in [3.8, 4) is 0 Å². The van der Waals surface area contributed by atoms with Gasteiger partial charge >= 0.3 is 5.69 Å². The number of rotatable bonds is 4. The molecule has 20 heavy (non-hydrogen) atoms. The lowest BCUT2D eigenvalue weighted by atomic mass is 10.2. The van der Waals surface area contributed by atoms with Gasteiger partial charge in [-0.1, -0.05) is 0 Å². The van der Waals surface area contributed by atoms with Crippen LogP contribution in [0.15, 0.2) is 21.9 Å². The predicted octanol–water partition coefficient (Wildman–Crippen LogP) is -1.17. The first-order valence-electron chi connectivity index (χ1n) is 6.30. The Balaban J connectivity index is 0.000000347. The molecule has 1 saturated heterocycles. The van der Waals surface area contributed by atoms with Crippen LogP contribution in [0.25, 0.3) is 0 Å². The Morgan fingerprint density at radius 2 is 2.20 bits per heavy atom. The minimum Gasteiger partial charge on any atom is -0.394 e. The molecule has 0 aliphatic carbocycles. The van der Waals surface area contributed by atoms with Gasteiger partial charge in [-0.05, 0) is 12.8 Å². The molecule has 0 radical (unpaired) electrons. The second-order valence-corrected chi connectivity index (χ2v) is 4.21. The van der Waals surface area contributed by atoms with Crippen molar-refractivity contribution in [3.63, 3.8) is 0 Å². The molecule has 8 nitrogen and oxygen atoms in total. The lowest BCUT2D eigenvalue weighted by molar-refractivity contribution is -0.0246. The highest BCUT2D eigenvalue weighted by Gasteiger charge is 2.26. The Morgan fingerprint density at radius 3 is 2.65 bits per heavy atom. The van der Waals surface area contributed by atoms with Crippen LogP contribution in [0, 0.1) is 0 Å². The molecule has 1 aliphatic rings. The van der Waals surface area contributed by atoms with Gasteiger partial charge in [0.1, 0.15) is 6.23 Å². The number of nitrogens with one attached hydrogen (secondary N) is 1. The summed E-state index contributed by atoms with van der Waals surface area (Å²) in [5, 5.41) is 16.8. The van der Waals surface area contributed by atoms with Crippen molar-refractivity contribution in [2.24, 2.45) is 0 Å². The van der Waals surface area contributed by atoms with E-state index >= 15 is 0 Å². The van der Waals surface area contributed by atoms with Gasteiger partial charge in [-0.2, -0.15) is 0 Å². The summed E-state index contributed by atoms with van der Waals surface area (Å²) in [7, 11) is 1.55. The Kier molecular flexibility index (Phi) is 7.16. The molecule has 2 heterocycles. The standard InChI is InChI=1S/C9H12N2O4.C3H8O2/c12-5-6-1-2-8(15-6)11-4-3-7(13)10-9(11)14;1-5-3-2-4/h3-4,6,8,12H,1-2,5H2,(H,10,13,14);4H,2-3H2,1H3. The van der Waals surface area contributed by atoms with E-state index in [4.69, 9.17) is 14.9 Å². The smallest absolute Gasteiger partial charge is 0.330 e. The van der Waals surface area contributed by atoms with E-state index in [2.05, 4.69) is 9.72 Å². The fraction of sp³-hybridized carbons (Fsp3) is 0.667. The number of nitrogens with zero attached hydrogens (tertiary/aromatic N) is 1. The van der Waals surface area contributed by atoms with Crippen molar-refractivity contribution in [1.29, 1.82) is 0 Å². The van der Waals surface area contributed by atoms with Crippen molar-refractivity contribution in [3.05, 3.63) is 33.1 Å². The molecule has 2 atom stereocenters. The van der Waals surface area contributed by atoms with Gasteiger partial charge in [0.05, 0.1) is 25.9 Å². The van der Waals surface area contributed by atoms with Crippen LogP contribution >= 0.6 is 0 Å². The van der Waals surface area contributed by atoms with Gasteiger partial charge < -0.3 is 19.7 Å². The minimum atomic E-state index is -0.480. The normalized spacial score (nSPS) is 21.4. The van der Waals surface area contributed by atoms with Gasteiger partial charge in [-0.25, -0.2) is 4.79 Å². The lowest BCUT2D eigenvalue weighted by Gasteiger charge is -2.13. The third kappa shape index (κ3) is 4.89. The van der Waals surface area contributed by atoms with E-state index < -0.39 is 11.2 Å². The van der Waals surface area contributed by atoms with Gasteiger partial charge in [0, 0.05) is 19.4 Å². The summed E-state index contributed by atoms with van der Waals surface area (Å²) in [5.74, 6) is 0. The van der Waals surface area contributed by atoms with Crippen LogP contribution in [-0.2, 0) is 9.47 Å². The first kappa shape index (κ1) is 16.6. The number of aromatic nitrogens is 2. The molecule has 0 aromatic carbocycles. The molecule has 2 rings (SSSR count). The molecule has 2 unspecified atom stereocenters. The third-order valence-electron chi connectivity index (χ3n) is 2.75. The van der Waals surface area contributed by atoms with E-state index in [1.165, 1.54) is 16.8 Å². The number of ether oxygens (including phenoxy) is 2. The van der Waals surface area contributed by atoms with E-state index in [0.717, 1.165) is 0 Å². The third-order valence-corrected chi connectivity index (χ3v) is 2.75. The number of methoxy groups -OCH3 is 1. The molecule has 114 valence electrons. The Labute approximate surface area is 115 Å². The summed E-state index contributed by atoms with van der Waals surface area (Å²) in [6, 6.07) is 1.27. The van der Waals surface area contributed by atoms with Crippen LogP contribution in [0.2, 0.25) is 0 Å². The number of aliphatic hydroxyl groups is 2. The number of hydrogen-bond acceptors (Lipinski definition) is 6. The highest BCUT2D eigenvalue weighted by molar-refractivity contribution is 4.85. The van der Waals surface area contributed by atoms with E-state index in [1.54, 1.807) is 7.11 Å². The molecule has 0 amide bonds. The summed E-state index contributed by atoms with van der Waals surface area (Å²) in [6.45, 7) is 0.519. The van der Waals surface area contributed by atoms with Crippen LogP contribution in [0.4, 0.5) is 0 Å². The van der Waals surface area contributed by atoms with E-state index in [9.17, 15) is 9.59 Å². The van der Waals surface area contributed by atoms with Crippen molar-refractivity contribution in [2.45, 2.75) is 25.2 Å². The van der Waals surface area contributed by atoms with Crippen LogP contribution in [-0.4, -0.2) is 52.8 Å². The lowest BCUT2D eigenvalue weighted by Crippen LogP contribution is -2.31. The fourth-order valence-corrected chi connectivity index (χ4v) is 1.77. The maximum Gasteiger partial charge on any atom is 0.330 e. The van der Waals surface area contributed by atoms with Crippen molar-refractivity contribution in [1.82, 2.24) is 9.55 Å². The fourth-order valence-electron chi connectivity index (χ4n) is 1.77. The molecule has 1 aromatic heterocycles. The highest BCUT2D eigenvalue weighted by atomic mass is 16.5. The van der Waals surface area contributed by atoms with Crippen LogP contribution < -0.4 is 11.2 Å². The van der Waals surface area contributed by atoms with Crippen LogP contribution in [0.3, 0.4) is 0 Å². The largest absolute Gasteiger partial charge is 0.394 e. The Hall–Kier alpha value is -1.48.